The van der Waals surface area contributed by atoms with Gasteiger partial charge in [-0.1, -0.05) is 6.92 Å². The van der Waals surface area contributed by atoms with Gasteiger partial charge in [-0.25, -0.2) is 18.7 Å². The van der Waals surface area contributed by atoms with Crippen LogP contribution in [0.25, 0.3) is 11.1 Å². The van der Waals surface area contributed by atoms with Crippen LogP contribution in [0, 0.1) is 17.6 Å². The van der Waals surface area contributed by atoms with E-state index in [2.05, 4.69) is 16.9 Å². The maximum absolute atomic E-state index is 14.7. The van der Waals surface area contributed by atoms with Gasteiger partial charge in [0.1, 0.15) is 12.4 Å². The van der Waals surface area contributed by atoms with Crippen molar-refractivity contribution in [3.8, 4) is 22.9 Å². The lowest BCUT2D eigenvalue weighted by Gasteiger charge is -2.18. The highest BCUT2D eigenvalue weighted by Crippen LogP contribution is 2.39. The van der Waals surface area contributed by atoms with Crippen LogP contribution in [0.4, 0.5) is 22.0 Å². The lowest BCUT2D eigenvalue weighted by molar-refractivity contribution is -0.137. The molecule has 0 radical (unpaired) electrons. The Balaban J connectivity index is 1.59. The third-order valence-electron chi connectivity index (χ3n) is 6.13. The molecule has 2 aromatic heterocycles. The molecule has 0 fully saturated rings. The number of benzene rings is 1. The molecule has 0 aliphatic heterocycles. The number of hydrogen-bond donors (Lipinski definition) is 1. The van der Waals surface area contributed by atoms with Crippen LogP contribution < -0.4 is 9.47 Å². The Morgan fingerprint density at radius 3 is 2.35 bits per heavy atom. The first-order valence-electron chi connectivity index (χ1n) is 11.8. The summed E-state index contributed by atoms with van der Waals surface area (Å²) in [6.07, 6.45) is -0.211. The second kappa shape index (κ2) is 10.2. The summed E-state index contributed by atoms with van der Waals surface area (Å²) in [5.74, 6) is -1.78. The Hall–Kier alpha value is -3.27. The molecule has 0 amide bonds. The van der Waals surface area contributed by atoms with Crippen LogP contribution >= 0.6 is 0 Å². The fourth-order valence-corrected chi connectivity index (χ4v) is 4.21. The van der Waals surface area contributed by atoms with E-state index in [9.17, 15) is 27.1 Å². The molecule has 0 saturated heterocycles. The summed E-state index contributed by atoms with van der Waals surface area (Å²) in [4.78, 5) is 8.02. The normalized spacial score (nSPS) is 15.5. The summed E-state index contributed by atoms with van der Waals surface area (Å²) >= 11 is 0. The Kier molecular flexibility index (Phi) is 7.41. The summed E-state index contributed by atoms with van der Waals surface area (Å²) in [5.41, 5.74) is -0.913. The Labute approximate surface area is 211 Å². The van der Waals surface area contributed by atoms with Crippen LogP contribution in [-0.2, 0) is 25.6 Å². The first-order chi connectivity index (χ1) is 17.3. The van der Waals surface area contributed by atoms with E-state index in [1.807, 2.05) is 0 Å². The highest BCUT2D eigenvalue weighted by atomic mass is 19.4. The predicted molar refractivity (Wildman–Crippen MR) is 126 cm³/mol. The average Bonchev–Trinajstić information content (AvgIpc) is 3.17. The van der Waals surface area contributed by atoms with E-state index in [0.717, 1.165) is 42.3 Å². The molecule has 198 valence electrons. The van der Waals surface area contributed by atoms with Gasteiger partial charge in [0, 0.05) is 36.0 Å². The number of fused-ring (bicyclic) bond motifs is 1. The quantitative estimate of drug-likeness (QED) is 0.352. The van der Waals surface area contributed by atoms with Crippen LogP contribution in [0.5, 0.6) is 11.8 Å². The number of alkyl halides is 3. The van der Waals surface area contributed by atoms with Crippen molar-refractivity contribution < 1.29 is 36.5 Å². The minimum Gasteiger partial charge on any atom is -0.475 e. The van der Waals surface area contributed by atoms with Gasteiger partial charge in [-0.3, -0.25) is 0 Å². The smallest absolute Gasteiger partial charge is 0.417 e. The first kappa shape index (κ1) is 26.8. The molecule has 1 aromatic carbocycles. The van der Waals surface area contributed by atoms with Crippen LogP contribution in [0.3, 0.4) is 0 Å². The molecule has 2 heterocycles. The Bertz CT molecular complexity index is 1290. The summed E-state index contributed by atoms with van der Waals surface area (Å²) in [7, 11) is 0. The van der Waals surface area contributed by atoms with Crippen molar-refractivity contribution >= 4 is 0 Å². The molecular formula is C27H27F5N2O3. The van der Waals surface area contributed by atoms with Gasteiger partial charge < -0.3 is 14.6 Å². The Morgan fingerprint density at radius 2 is 1.68 bits per heavy atom. The van der Waals surface area contributed by atoms with Crippen LogP contribution in [0.15, 0.2) is 36.7 Å². The van der Waals surface area contributed by atoms with E-state index in [0.29, 0.717) is 12.0 Å². The highest BCUT2D eigenvalue weighted by Gasteiger charge is 2.35. The highest BCUT2D eigenvalue weighted by molar-refractivity contribution is 5.69. The van der Waals surface area contributed by atoms with Gasteiger partial charge in [0.25, 0.3) is 0 Å². The van der Waals surface area contributed by atoms with Gasteiger partial charge >= 0.3 is 6.18 Å². The molecule has 1 aliphatic rings. The number of aliphatic hydroxyl groups is 1. The molecule has 0 bridgehead atoms. The number of hydrogen-bond acceptors (Lipinski definition) is 5. The van der Waals surface area contributed by atoms with Crippen LogP contribution in [0.2, 0.25) is 0 Å². The second-order valence-electron chi connectivity index (χ2n) is 10.0. The van der Waals surface area contributed by atoms with Gasteiger partial charge in [-0.15, -0.1) is 0 Å². The number of rotatable bonds is 8. The molecule has 0 saturated carbocycles. The molecular weight excluding hydrogens is 495 g/mol. The lowest BCUT2D eigenvalue weighted by Crippen LogP contribution is -2.22. The largest absolute Gasteiger partial charge is 0.475 e. The third-order valence-corrected chi connectivity index (χ3v) is 6.13. The van der Waals surface area contributed by atoms with Crippen molar-refractivity contribution in [1.29, 1.82) is 0 Å². The van der Waals surface area contributed by atoms with Crippen molar-refractivity contribution in [2.75, 3.05) is 6.61 Å². The number of pyridine rings is 2. The van der Waals surface area contributed by atoms with E-state index < -0.39 is 40.4 Å². The standard InChI is InChI=1S/C27H27F5N2O3/c1-15-6-16-10-24(33-12-17(16)7-15)37-14-19-8-20(21(11-22(19)28)27(30,31)32)18-9-23(29)25(34-13-18)36-5-4-26(2,3)35/h8-13,15,35H,4-7,14H2,1-3H3/t15-/m0/s1. The van der Waals surface area contributed by atoms with E-state index in [1.54, 1.807) is 26.1 Å². The minimum absolute atomic E-state index is 0.0474. The van der Waals surface area contributed by atoms with Gasteiger partial charge in [0.2, 0.25) is 11.8 Å². The zero-order chi connectivity index (χ0) is 27.0. The van der Waals surface area contributed by atoms with E-state index in [4.69, 9.17) is 9.47 Å². The Morgan fingerprint density at radius 1 is 0.946 bits per heavy atom. The molecule has 1 aliphatic carbocycles. The molecule has 1 N–H and O–H groups in total. The van der Waals surface area contributed by atoms with Crippen LogP contribution in [-0.4, -0.2) is 27.3 Å². The first-order valence-corrected chi connectivity index (χ1v) is 11.8. The van der Waals surface area contributed by atoms with E-state index in [1.165, 1.54) is 0 Å². The van der Waals surface area contributed by atoms with Crippen molar-refractivity contribution in [2.24, 2.45) is 5.92 Å². The fourth-order valence-electron chi connectivity index (χ4n) is 4.21. The van der Waals surface area contributed by atoms with E-state index in [-0.39, 0.29) is 36.6 Å². The maximum atomic E-state index is 14.7. The SMILES string of the molecule is C[C@@H]1Cc2cnc(OCc3cc(-c4cnc(OCCC(C)(C)O)c(F)c4)c(C(F)(F)F)cc3F)cc2C1. The topological polar surface area (TPSA) is 64.5 Å². The summed E-state index contributed by atoms with van der Waals surface area (Å²) in [6.45, 7) is 4.81. The molecule has 37 heavy (non-hydrogen) atoms. The summed E-state index contributed by atoms with van der Waals surface area (Å²) < 4.78 is 81.4. The molecule has 3 aromatic rings. The van der Waals surface area contributed by atoms with Crippen molar-refractivity contribution in [3.63, 3.8) is 0 Å². The summed E-state index contributed by atoms with van der Waals surface area (Å²) in [6, 6.07) is 3.97. The van der Waals surface area contributed by atoms with Crippen LogP contribution in [0.1, 0.15) is 49.4 Å². The predicted octanol–water partition coefficient (Wildman–Crippen LogP) is 6.29. The molecule has 5 nitrogen and oxygen atoms in total. The third kappa shape index (κ3) is 6.54. The monoisotopic (exact) mass is 522 g/mol. The van der Waals surface area contributed by atoms with Crippen molar-refractivity contribution in [2.45, 2.75) is 58.4 Å². The van der Waals surface area contributed by atoms with Gasteiger partial charge in [-0.2, -0.15) is 13.2 Å². The van der Waals surface area contributed by atoms with Crippen molar-refractivity contribution in [1.82, 2.24) is 9.97 Å². The molecule has 0 spiro atoms. The summed E-state index contributed by atoms with van der Waals surface area (Å²) in [5, 5.41) is 9.74. The molecule has 10 heteroatoms. The molecule has 0 unspecified atom stereocenters. The van der Waals surface area contributed by atoms with Gasteiger partial charge in [0.15, 0.2) is 5.82 Å². The van der Waals surface area contributed by atoms with Crippen molar-refractivity contribution in [3.05, 3.63) is 70.5 Å². The zero-order valence-corrected chi connectivity index (χ0v) is 20.6. The van der Waals surface area contributed by atoms with E-state index >= 15 is 0 Å². The zero-order valence-electron chi connectivity index (χ0n) is 20.6. The lowest BCUT2D eigenvalue weighted by atomic mass is 9.97. The maximum Gasteiger partial charge on any atom is 0.417 e. The van der Waals surface area contributed by atoms with Gasteiger partial charge in [-0.05, 0) is 67.5 Å². The minimum atomic E-state index is -4.90. The number of nitrogens with zero attached hydrogens (tertiary/aromatic N) is 2. The molecule has 1 atom stereocenters. The number of aromatic nitrogens is 2. The average molecular weight is 523 g/mol. The fraction of sp³-hybridized carbons (Fsp3) is 0.407. The molecule has 4 rings (SSSR count). The second-order valence-corrected chi connectivity index (χ2v) is 10.0. The number of halogens is 5. The number of ether oxygens (including phenoxy) is 2. The van der Waals surface area contributed by atoms with Gasteiger partial charge in [0.05, 0.1) is 17.8 Å².